The lowest BCUT2D eigenvalue weighted by atomic mass is 10.1. The number of nitrogens with two attached hydrogens (primary N) is 2. The Morgan fingerprint density at radius 3 is 1.38 bits per heavy atom. The molecule has 2 aromatic carbocycles. The van der Waals surface area contributed by atoms with Gasteiger partial charge in [0.25, 0.3) is 17.7 Å². The molecular weight excluding hydrogens is 530 g/mol. The summed E-state index contributed by atoms with van der Waals surface area (Å²) in [6.07, 6.45) is -3.63. The van der Waals surface area contributed by atoms with Crippen molar-refractivity contribution in [2.24, 2.45) is 0 Å². The zero-order chi connectivity index (χ0) is 29.8. The van der Waals surface area contributed by atoms with E-state index in [9.17, 15) is 34.5 Å². The Morgan fingerprint density at radius 1 is 0.625 bits per heavy atom. The molecule has 3 atom stereocenters. The van der Waals surface area contributed by atoms with Gasteiger partial charge < -0.3 is 57.7 Å². The third-order valence-corrected chi connectivity index (χ3v) is 5.26. The highest BCUT2D eigenvalue weighted by atomic mass is 16.5. The third kappa shape index (κ3) is 10.1. The smallest absolute Gasteiger partial charge is 0.338 e. The summed E-state index contributed by atoms with van der Waals surface area (Å²) >= 11 is 0. The number of hydrogen-bond donors (Lipinski definition) is 10. The minimum atomic E-state index is -1.32. The molecule has 0 heterocycles. The van der Waals surface area contributed by atoms with Crippen molar-refractivity contribution in [2.45, 2.75) is 18.3 Å². The fraction of sp³-hybridized carbons (Fsp3) is 0.360. The maximum absolute atomic E-state index is 12.5. The molecule has 0 radical (unpaired) electrons. The SMILES string of the molecule is Nc1cc(C(=O)NCC(O)CO)cc(C(=O)NCC(O)COC(=O)c2cc(N)cc(C(=O)NCC(O)CO)c2)c1. The van der Waals surface area contributed by atoms with Gasteiger partial charge in [0.1, 0.15) is 12.7 Å². The number of aliphatic hydroxyl groups excluding tert-OH is 5. The number of nitrogens with one attached hydrogen (secondary N) is 3. The average Bonchev–Trinajstić information content (AvgIpc) is 2.94. The first-order valence-corrected chi connectivity index (χ1v) is 12.0. The van der Waals surface area contributed by atoms with Gasteiger partial charge in [-0.15, -0.1) is 0 Å². The van der Waals surface area contributed by atoms with E-state index in [1.807, 2.05) is 0 Å². The molecule has 0 aliphatic rings. The predicted molar refractivity (Wildman–Crippen MR) is 141 cm³/mol. The van der Waals surface area contributed by atoms with Crippen LogP contribution in [0.5, 0.6) is 0 Å². The lowest BCUT2D eigenvalue weighted by Gasteiger charge is -2.14. The summed E-state index contributed by atoms with van der Waals surface area (Å²) in [6, 6.07) is 7.62. The minimum absolute atomic E-state index is 0.00432. The van der Waals surface area contributed by atoms with Gasteiger partial charge in [-0.2, -0.15) is 0 Å². The maximum Gasteiger partial charge on any atom is 0.338 e. The van der Waals surface area contributed by atoms with Crippen molar-refractivity contribution < 1.29 is 49.4 Å². The standard InChI is InChI=1S/C25H33N5O10/c26-17-3-13(22(36)28-7-19(33)10-31)1-14(4-17)23(37)30-9-21(35)12-40-25(39)16-2-15(5-18(27)6-16)24(38)29-8-20(34)11-32/h1-6,19-21,31-35H,7-12,26-27H2,(H,28,36)(H,29,38)(H,30,37). The second kappa shape index (κ2) is 15.3. The molecule has 0 aliphatic heterocycles. The second-order valence-electron chi connectivity index (χ2n) is 8.74. The van der Waals surface area contributed by atoms with Crippen LogP contribution in [0, 0.1) is 0 Å². The number of carbonyl (C=O) groups excluding carboxylic acids is 4. The van der Waals surface area contributed by atoms with Gasteiger partial charge in [-0.1, -0.05) is 0 Å². The number of benzene rings is 2. The van der Waals surface area contributed by atoms with Crippen LogP contribution in [0.3, 0.4) is 0 Å². The molecule has 218 valence electrons. The predicted octanol–water partition coefficient (Wildman–Crippen LogP) is -3.04. The van der Waals surface area contributed by atoms with Gasteiger partial charge in [0, 0.05) is 47.7 Å². The van der Waals surface area contributed by atoms with Gasteiger partial charge in [0.05, 0.1) is 31.0 Å². The lowest BCUT2D eigenvalue weighted by Crippen LogP contribution is -2.36. The number of carbonyl (C=O) groups is 4. The van der Waals surface area contributed by atoms with Gasteiger partial charge in [-0.25, -0.2) is 4.79 Å². The third-order valence-electron chi connectivity index (χ3n) is 5.26. The number of anilines is 2. The van der Waals surface area contributed by atoms with E-state index in [1.54, 1.807) is 0 Å². The normalized spacial score (nSPS) is 13.0. The van der Waals surface area contributed by atoms with Crippen molar-refractivity contribution in [3.8, 4) is 0 Å². The largest absolute Gasteiger partial charge is 0.459 e. The molecule has 0 saturated carbocycles. The minimum Gasteiger partial charge on any atom is -0.459 e. The van der Waals surface area contributed by atoms with Crippen LogP contribution in [0.25, 0.3) is 0 Å². The first kappa shape index (κ1) is 31.9. The molecule has 2 aromatic rings. The van der Waals surface area contributed by atoms with Gasteiger partial charge >= 0.3 is 5.97 Å². The fourth-order valence-electron chi connectivity index (χ4n) is 3.20. The Kier molecular flexibility index (Phi) is 12.3. The second-order valence-corrected chi connectivity index (χ2v) is 8.74. The zero-order valence-electron chi connectivity index (χ0n) is 21.4. The summed E-state index contributed by atoms with van der Waals surface area (Å²) in [5.41, 5.74) is 11.7. The van der Waals surface area contributed by atoms with Crippen molar-refractivity contribution in [1.82, 2.24) is 16.0 Å². The lowest BCUT2D eigenvalue weighted by molar-refractivity contribution is 0.0259. The van der Waals surface area contributed by atoms with Crippen molar-refractivity contribution >= 4 is 35.1 Å². The Balaban J connectivity index is 1.92. The molecule has 0 aromatic heterocycles. The van der Waals surface area contributed by atoms with E-state index in [1.165, 1.54) is 36.4 Å². The molecule has 15 heteroatoms. The number of hydrogen-bond acceptors (Lipinski definition) is 12. The maximum atomic E-state index is 12.5. The quantitative estimate of drug-likeness (QED) is 0.0812. The first-order valence-electron chi connectivity index (χ1n) is 12.0. The van der Waals surface area contributed by atoms with Gasteiger partial charge in [0.2, 0.25) is 0 Å². The Labute approximate surface area is 228 Å². The molecule has 0 spiro atoms. The van der Waals surface area contributed by atoms with Crippen molar-refractivity contribution in [3.05, 3.63) is 58.7 Å². The summed E-state index contributed by atoms with van der Waals surface area (Å²) < 4.78 is 5.05. The number of amides is 3. The van der Waals surface area contributed by atoms with Crippen molar-refractivity contribution in [2.75, 3.05) is 50.9 Å². The number of nitrogen functional groups attached to an aromatic ring is 2. The summed E-state index contributed by atoms with van der Waals surface area (Å²) in [6.45, 7) is -2.38. The summed E-state index contributed by atoms with van der Waals surface area (Å²) in [7, 11) is 0. The van der Waals surface area contributed by atoms with Crippen LogP contribution in [-0.2, 0) is 4.74 Å². The van der Waals surface area contributed by atoms with Crippen molar-refractivity contribution in [1.29, 1.82) is 0 Å². The van der Waals surface area contributed by atoms with E-state index >= 15 is 0 Å². The molecule has 0 saturated heterocycles. The Morgan fingerprint density at radius 2 is 0.975 bits per heavy atom. The molecule has 3 unspecified atom stereocenters. The van der Waals surface area contributed by atoms with Crippen LogP contribution in [-0.4, -0.2) is 107 Å². The number of ether oxygens (including phenoxy) is 1. The van der Waals surface area contributed by atoms with Crippen molar-refractivity contribution in [3.63, 3.8) is 0 Å². The van der Waals surface area contributed by atoms with Crippen LogP contribution in [0.1, 0.15) is 41.4 Å². The molecule has 0 aliphatic carbocycles. The molecular formula is C25H33N5O10. The molecule has 2 rings (SSSR count). The van der Waals surface area contributed by atoms with Crippen LogP contribution >= 0.6 is 0 Å². The molecule has 15 nitrogen and oxygen atoms in total. The van der Waals surface area contributed by atoms with Crippen LogP contribution in [0.15, 0.2) is 36.4 Å². The van der Waals surface area contributed by atoms with E-state index in [0.29, 0.717) is 0 Å². The number of aliphatic hydroxyl groups is 5. The molecule has 3 amide bonds. The summed E-state index contributed by atoms with van der Waals surface area (Å²) in [5, 5.41) is 53.7. The highest BCUT2D eigenvalue weighted by Crippen LogP contribution is 2.15. The van der Waals surface area contributed by atoms with Gasteiger partial charge in [-0.05, 0) is 36.4 Å². The molecule has 40 heavy (non-hydrogen) atoms. The average molecular weight is 564 g/mol. The van der Waals surface area contributed by atoms with Crippen LogP contribution in [0.2, 0.25) is 0 Å². The highest BCUT2D eigenvalue weighted by Gasteiger charge is 2.18. The Bertz CT molecular complexity index is 1120. The van der Waals surface area contributed by atoms with Crippen LogP contribution in [0.4, 0.5) is 11.4 Å². The van der Waals surface area contributed by atoms with E-state index in [0.717, 1.165) is 0 Å². The summed E-state index contributed by atoms with van der Waals surface area (Å²) in [4.78, 5) is 49.5. The number of rotatable bonds is 14. The van der Waals surface area contributed by atoms with E-state index < -0.39 is 61.8 Å². The Hall–Kier alpha value is -4.28. The summed E-state index contributed by atoms with van der Waals surface area (Å²) in [5.74, 6) is -2.87. The topological polar surface area (TPSA) is 267 Å². The highest BCUT2D eigenvalue weighted by molar-refractivity contribution is 6.01. The zero-order valence-corrected chi connectivity index (χ0v) is 21.4. The molecule has 12 N–H and O–H groups in total. The van der Waals surface area contributed by atoms with E-state index in [-0.39, 0.29) is 53.3 Å². The molecule has 0 bridgehead atoms. The first-order chi connectivity index (χ1) is 18.9. The monoisotopic (exact) mass is 563 g/mol. The fourth-order valence-corrected chi connectivity index (χ4v) is 3.20. The van der Waals surface area contributed by atoms with E-state index in [2.05, 4.69) is 16.0 Å². The van der Waals surface area contributed by atoms with Gasteiger partial charge in [-0.3, -0.25) is 14.4 Å². The van der Waals surface area contributed by atoms with Crippen LogP contribution < -0.4 is 27.4 Å². The van der Waals surface area contributed by atoms with Gasteiger partial charge in [0.15, 0.2) is 0 Å². The number of esters is 1. The van der Waals surface area contributed by atoms with E-state index in [4.69, 9.17) is 26.4 Å². The molecule has 0 fully saturated rings.